The largest absolute Gasteiger partial charge is 0.310 e. The Balaban J connectivity index is 2.48. The molecule has 108 valence electrons. The van der Waals surface area contributed by atoms with Crippen molar-refractivity contribution in [3.8, 4) is 0 Å². The lowest BCUT2D eigenvalue weighted by atomic mass is 10.2. The SMILES string of the molecule is CCS(=O)(=O)CCSc1cccc(CNC(C)C)c1. The van der Waals surface area contributed by atoms with Crippen LogP contribution in [0.3, 0.4) is 0 Å². The molecule has 0 amide bonds. The summed E-state index contributed by atoms with van der Waals surface area (Å²) in [6.45, 7) is 6.78. The summed E-state index contributed by atoms with van der Waals surface area (Å²) in [5, 5.41) is 3.37. The minimum Gasteiger partial charge on any atom is -0.310 e. The molecule has 0 heterocycles. The van der Waals surface area contributed by atoms with Crippen molar-refractivity contribution < 1.29 is 8.42 Å². The van der Waals surface area contributed by atoms with Crippen molar-refractivity contribution >= 4 is 21.6 Å². The van der Waals surface area contributed by atoms with Crippen LogP contribution in [0, 0.1) is 0 Å². The van der Waals surface area contributed by atoms with Crippen LogP contribution in [0.4, 0.5) is 0 Å². The van der Waals surface area contributed by atoms with Crippen LogP contribution < -0.4 is 5.32 Å². The summed E-state index contributed by atoms with van der Waals surface area (Å²) in [4.78, 5) is 1.13. The number of hydrogen-bond acceptors (Lipinski definition) is 4. The highest BCUT2D eigenvalue weighted by atomic mass is 32.2. The molecule has 0 bridgehead atoms. The van der Waals surface area contributed by atoms with Gasteiger partial charge in [0.05, 0.1) is 5.75 Å². The number of sulfone groups is 1. The van der Waals surface area contributed by atoms with Gasteiger partial charge in [0.2, 0.25) is 0 Å². The molecule has 19 heavy (non-hydrogen) atoms. The molecule has 0 saturated heterocycles. The highest BCUT2D eigenvalue weighted by molar-refractivity contribution is 8.00. The van der Waals surface area contributed by atoms with E-state index in [1.807, 2.05) is 12.1 Å². The monoisotopic (exact) mass is 301 g/mol. The Kier molecular flexibility index (Phi) is 6.89. The topological polar surface area (TPSA) is 46.2 Å². The molecule has 1 aromatic carbocycles. The van der Waals surface area contributed by atoms with Crippen LogP contribution in [-0.4, -0.2) is 31.7 Å². The summed E-state index contributed by atoms with van der Waals surface area (Å²) in [5.74, 6) is 1.10. The van der Waals surface area contributed by atoms with Gasteiger partial charge >= 0.3 is 0 Å². The molecule has 3 nitrogen and oxygen atoms in total. The van der Waals surface area contributed by atoms with Gasteiger partial charge in [-0.1, -0.05) is 32.9 Å². The number of nitrogens with one attached hydrogen (secondary N) is 1. The molecule has 5 heteroatoms. The van der Waals surface area contributed by atoms with Crippen LogP contribution in [0.5, 0.6) is 0 Å². The molecule has 1 rings (SSSR count). The van der Waals surface area contributed by atoms with E-state index in [9.17, 15) is 8.42 Å². The number of benzene rings is 1. The maximum absolute atomic E-state index is 11.4. The number of hydrogen-bond donors (Lipinski definition) is 1. The second-order valence-electron chi connectivity index (χ2n) is 4.77. The molecular formula is C14H23NO2S2. The summed E-state index contributed by atoms with van der Waals surface area (Å²) in [7, 11) is -2.85. The molecule has 0 radical (unpaired) electrons. The first kappa shape index (κ1) is 16.5. The molecular weight excluding hydrogens is 278 g/mol. The molecule has 0 spiro atoms. The molecule has 0 aromatic heterocycles. The molecule has 0 aliphatic heterocycles. The fourth-order valence-electron chi connectivity index (χ4n) is 1.50. The van der Waals surface area contributed by atoms with Gasteiger partial charge < -0.3 is 5.32 Å². The molecule has 1 aromatic rings. The Morgan fingerprint density at radius 2 is 2.05 bits per heavy atom. The van der Waals surface area contributed by atoms with Gasteiger partial charge in [0.15, 0.2) is 9.84 Å². The minimum atomic E-state index is -2.85. The Hall–Kier alpha value is -0.520. The van der Waals surface area contributed by atoms with Gasteiger partial charge in [0, 0.05) is 29.0 Å². The van der Waals surface area contributed by atoms with E-state index in [2.05, 4.69) is 31.3 Å². The van der Waals surface area contributed by atoms with Crippen molar-refractivity contribution in [1.82, 2.24) is 5.32 Å². The number of thioether (sulfide) groups is 1. The fraction of sp³-hybridized carbons (Fsp3) is 0.571. The Labute approximate surface area is 121 Å². The van der Waals surface area contributed by atoms with Gasteiger partial charge in [0.1, 0.15) is 0 Å². The van der Waals surface area contributed by atoms with Crippen molar-refractivity contribution in [2.75, 3.05) is 17.3 Å². The van der Waals surface area contributed by atoms with Crippen molar-refractivity contribution in [3.63, 3.8) is 0 Å². The van der Waals surface area contributed by atoms with Crippen LogP contribution in [0.15, 0.2) is 29.2 Å². The molecule has 0 unspecified atom stereocenters. The average Bonchev–Trinajstić information content (AvgIpc) is 2.37. The first-order valence-corrected chi connectivity index (χ1v) is 9.39. The predicted molar refractivity (Wildman–Crippen MR) is 83.5 cm³/mol. The van der Waals surface area contributed by atoms with Gasteiger partial charge in [-0.05, 0) is 17.7 Å². The standard InChI is InChI=1S/C14H23NO2S2/c1-4-19(16,17)9-8-18-14-7-5-6-13(10-14)11-15-12(2)3/h5-7,10,12,15H,4,8-9,11H2,1-3H3. The molecule has 0 saturated carbocycles. The highest BCUT2D eigenvalue weighted by Crippen LogP contribution is 2.19. The van der Waals surface area contributed by atoms with E-state index in [0.29, 0.717) is 11.8 Å². The maximum atomic E-state index is 11.4. The van der Waals surface area contributed by atoms with Crippen molar-refractivity contribution in [2.45, 2.75) is 38.3 Å². The van der Waals surface area contributed by atoms with Gasteiger partial charge in [-0.2, -0.15) is 0 Å². The first-order valence-electron chi connectivity index (χ1n) is 6.58. The highest BCUT2D eigenvalue weighted by Gasteiger charge is 2.07. The van der Waals surface area contributed by atoms with Gasteiger partial charge in [0.25, 0.3) is 0 Å². The average molecular weight is 301 g/mol. The van der Waals surface area contributed by atoms with Crippen molar-refractivity contribution in [1.29, 1.82) is 0 Å². The second-order valence-corrected chi connectivity index (χ2v) is 8.41. The van der Waals surface area contributed by atoms with Gasteiger partial charge in [-0.25, -0.2) is 8.42 Å². The minimum absolute atomic E-state index is 0.228. The Bertz CT molecular complexity index is 484. The summed E-state index contributed by atoms with van der Waals surface area (Å²) in [6.07, 6.45) is 0. The zero-order valence-electron chi connectivity index (χ0n) is 11.8. The zero-order chi connectivity index (χ0) is 14.3. The Morgan fingerprint density at radius 3 is 2.68 bits per heavy atom. The fourth-order valence-corrected chi connectivity index (χ4v) is 3.78. The lowest BCUT2D eigenvalue weighted by molar-refractivity contribution is 0.588. The van der Waals surface area contributed by atoms with Crippen LogP contribution in [0.25, 0.3) is 0 Å². The van der Waals surface area contributed by atoms with E-state index in [-0.39, 0.29) is 11.5 Å². The van der Waals surface area contributed by atoms with Crippen LogP contribution in [0.1, 0.15) is 26.3 Å². The summed E-state index contributed by atoms with van der Waals surface area (Å²) >= 11 is 1.60. The molecule has 0 fully saturated rings. The van der Waals surface area contributed by atoms with Crippen LogP contribution in [-0.2, 0) is 16.4 Å². The maximum Gasteiger partial charge on any atom is 0.150 e. The normalized spacial score (nSPS) is 12.0. The smallest absolute Gasteiger partial charge is 0.150 e. The third kappa shape index (κ3) is 6.99. The van der Waals surface area contributed by atoms with Crippen molar-refractivity contribution in [3.05, 3.63) is 29.8 Å². The van der Waals surface area contributed by atoms with E-state index in [0.717, 1.165) is 11.4 Å². The van der Waals surface area contributed by atoms with E-state index < -0.39 is 9.84 Å². The van der Waals surface area contributed by atoms with E-state index >= 15 is 0 Å². The van der Waals surface area contributed by atoms with E-state index in [4.69, 9.17) is 0 Å². The second kappa shape index (κ2) is 7.92. The molecule has 0 aliphatic carbocycles. The van der Waals surface area contributed by atoms with Crippen LogP contribution >= 0.6 is 11.8 Å². The van der Waals surface area contributed by atoms with Gasteiger partial charge in [-0.15, -0.1) is 11.8 Å². The molecule has 0 aliphatic rings. The summed E-state index contributed by atoms with van der Waals surface area (Å²) in [6, 6.07) is 8.72. The quantitative estimate of drug-likeness (QED) is 0.750. The van der Waals surface area contributed by atoms with E-state index in [1.165, 1.54) is 5.56 Å². The first-order chi connectivity index (χ1) is 8.93. The van der Waals surface area contributed by atoms with E-state index in [1.54, 1.807) is 18.7 Å². The Morgan fingerprint density at radius 1 is 1.32 bits per heavy atom. The molecule has 0 atom stereocenters. The zero-order valence-corrected chi connectivity index (χ0v) is 13.5. The van der Waals surface area contributed by atoms with Crippen molar-refractivity contribution in [2.24, 2.45) is 0 Å². The third-order valence-electron chi connectivity index (χ3n) is 2.72. The van der Waals surface area contributed by atoms with Gasteiger partial charge in [-0.3, -0.25) is 0 Å². The predicted octanol–water partition coefficient (Wildman–Crippen LogP) is 2.71. The van der Waals surface area contributed by atoms with Crippen LogP contribution in [0.2, 0.25) is 0 Å². The molecule has 1 N–H and O–H groups in total. The lowest BCUT2D eigenvalue weighted by Crippen LogP contribution is -2.21. The number of rotatable bonds is 8. The lowest BCUT2D eigenvalue weighted by Gasteiger charge is -2.09. The summed E-state index contributed by atoms with van der Waals surface area (Å²) in [5.41, 5.74) is 1.23. The third-order valence-corrected chi connectivity index (χ3v) is 5.68. The summed E-state index contributed by atoms with van der Waals surface area (Å²) < 4.78 is 22.8.